The lowest BCUT2D eigenvalue weighted by molar-refractivity contribution is 0.884. The summed E-state index contributed by atoms with van der Waals surface area (Å²) in [4.78, 5) is 28.9. The molecular formula is C18H14N8O2. The molecule has 1 aromatic carbocycles. The Balaban J connectivity index is 1.69. The third-order valence-electron chi connectivity index (χ3n) is 3.78. The molecule has 0 saturated carbocycles. The van der Waals surface area contributed by atoms with Crippen molar-refractivity contribution in [1.29, 1.82) is 0 Å². The Labute approximate surface area is 157 Å². The van der Waals surface area contributed by atoms with Crippen LogP contribution in [-0.4, -0.2) is 36.2 Å². The maximum absolute atomic E-state index is 11.7. The Hall–Kier alpha value is -4.34. The first-order chi connectivity index (χ1) is 13.7. The molecule has 0 fully saturated rings. The van der Waals surface area contributed by atoms with Gasteiger partial charge in [-0.3, -0.25) is 20.2 Å². The summed E-state index contributed by atoms with van der Waals surface area (Å²) in [7, 11) is 0. The van der Waals surface area contributed by atoms with Gasteiger partial charge in [0.25, 0.3) is 5.56 Å². The van der Waals surface area contributed by atoms with Crippen molar-refractivity contribution in [2.75, 3.05) is 5.43 Å². The summed E-state index contributed by atoms with van der Waals surface area (Å²) in [5, 5.41) is 14.4. The number of hydrogen-bond donors (Lipinski definition) is 3. The third kappa shape index (κ3) is 3.60. The van der Waals surface area contributed by atoms with Crippen molar-refractivity contribution < 1.29 is 0 Å². The van der Waals surface area contributed by atoms with E-state index in [0.717, 1.165) is 11.3 Å². The summed E-state index contributed by atoms with van der Waals surface area (Å²) in [6.07, 6.45) is 6.71. The highest BCUT2D eigenvalue weighted by atomic mass is 16.2. The monoisotopic (exact) mass is 374 g/mol. The molecule has 0 amide bonds. The Bertz CT molecular complexity index is 1230. The molecule has 0 radical (unpaired) electrons. The average Bonchev–Trinajstić information content (AvgIpc) is 3.15. The van der Waals surface area contributed by atoms with E-state index in [1.54, 1.807) is 17.1 Å². The van der Waals surface area contributed by atoms with Crippen LogP contribution in [-0.2, 0) is 0 Å². The second-order valence-corrected chi connectivity index (χ2v) is 5.68. The molecule has 3 heterocycles. The molecule has 0 aliphatic rings. The number of hydrazone groups is 1. The molecule has 0 aliphatic carbocycles. The van der Waals surface area contributed by atoms with Crippen LogP contribution >= 0.6 is 0 Å². The summed E-state index contributed by atoms with van der Waals surface area (Å²) >= 11 is 0. The zero-order chi connectivity index (χ0) is 19.3. The second kappa shape index (κ2) is 7.50. The van der Waals surface area contributed by atoms with Gasteiger partial charge in [-0.05, 0) is 24.3 Å². The molecule has 10 nitrogen and oxygen atoms in total. The predicted octanol–water partition coefficient (Wildman–Crippen LogP) is 1.15. The molecule has 0 bridgehead atoms. The van der Waals surface area contributed by atoms with Gasteiger partial charge in [-0.2, -0.15) is 10.2 Å². The van der Waals surface area contributed by atoms with Crippen LogP contribution in [0.4, 0.5) is 5.82 Å². The lowest BCUT2D eigenvalue weighted by atomic mass is 10.1. The third-order valence-corrected chi connectivity index (χ3v) is 3.78. The van der Waals surface area contributed by atoms with Crippen molar-refractivity contribution >= 4 is 12.0 Å². The van der Waals surface area contributed by atoms with Gasteiger partial charge in [0.15, 0.2) is 0 Å². The largest absolute Gasteiger partial charge is 0.342 e. The Morgan fingerprint density at radius 3 is 2.71 bits per heavy atom. The molecule has 4 rings (SSSR count). The first kappa shape index (κ1) is 17.1. The van der Waals surface area contributed by atoms with Crippen LogP contribution in [0, 0.1) is 0 Å². The molecule has 0 aliphatic heterocycles. The molecule has 3 N–H and O–H groups in total. The zero-order valence-electron chi connectivity index (χ0n) is 14.4. The smallest absolute Gasteiger partial charge is 0.270 e. The number of para-hydroxylation sites is 1. The van der Waals surface area contributed by atoms with Crippen molar-refractivity contribution in [3.05, 3.63) is 87.5 Å². The summed E-state index contributed by atoms with van der Waals surface area (Å²) in [6, 6.07) is 13.3. The summed E-state index contributed by atoms with van der Waals surface area (Å²) in [5.41, 5.74) is 4.22. The van der Waals surface area contributed by atoms with Crippen LogP contribution in [0.15, 0.2) is 75.7 Å². The highest BCUT2D eigenvalue weighted by molar-refractivity contribution is 5.88. The number of aromatic amines is 2. The Kier molecular flexibility index (Phi) is 4.58. The number of rotatable bonds is 5. The van der Waals surface area contributed by atoms with E-state index < -0.39 is 11.2 Å². The van der Waals surface area contributed by atoms with Gasteiger partial charge in [-0.25, -0.2) is 14.6 Å². The van der Waals surface area contributed by atoms with Crippen LogP contribution < -0.4 is 16.7 Å². The van der Waals surface area contributed by atoms with Crippen molar-refractivity contribution in [2.45, 2.75) is 0 Å². The van der Waals surface area contributed by atoms with Gasteiger partial charge in [0.1, 0.15) is 5.69 Å². The van der Waals surface area contributed by atoms with Gasteiger partial charge in [0.05, 0.1) is 11.9 Å². The maximum Gasteiger partial charge on any atom is 0.342 e. The lowest BCUT2D eigenvalue weighted by Crippen LogP contribution is -2.25. The van der Waals surface area contributed by atoms with Crippen LogP contribution in [0.25, 0.3) is 16.9 Å². The van der Waals surface area contributed by atoms with Crippen molar-refractivity contribution in [2.24, 2.45) is 5.10 Å². The minimum absolute atomic E-state index is 0.130. The molecule has 0 saturated heterocycles. The number of H-pyrrole nitrogens is 2. The van der Waals surface area contributed by atoms with Gasteiger partial charge in [-0.15, -0.1) is 5.10 Å². The van der Waals surface area contributed by atoms with Crippen molar-refractivity contribution in [1.82, 2.24) is 29.9 Å². The predicted molar refractivity (Wildman–Crippen MR) is 103 cm³/mol. The molecule has 4 aromatic rings. The summed E-state index contributed by atoms with van der Waals surface area (Å²) < 4.78 is 1.73. The number of aromatic nitrogens is 6. The first-order valence-electron chi connectivity index (χ1n) is 8.24. The molecule has 0 atom stereocenters. The van der Waals surface area contributed by atoms with Crippen LogP contribution in [0.1, 0.15) is 5.56 Å². The van der Waals surface area contributed by atoms with Gasteiger partial charge >= 0.3 is 5.69 Å². The minimum Gasteiger partial charge on any atom is -0.270 e. The number of anilines is 1. The fraction of sp³-hybridized carbons (Fsp3) is 0. The van der Waals surface area contributed by atoms with E-state index in [-0.39, 0.29) is 5.82 Å². The summed E-state index contributed by atoms with van der Waals surface area (Å²) in [5.74, 6) is -0.130. The molecule has 0 spiro atoms. The highest BCUT2D eigenvalue weighted by Gasteiger charge is 2.11. The van der Waals surface area contributed by atoms with E-state index >= 15 is 0 Å². The second-order valence-electron chi connectivity index (χ2n) is 5.68. The fourth-order valence-corrected chi connectivity index (χ4v) is 2.51. The SMILES string of the molecule is O=c1[nH]nc(NN=Cc2cn(-c3ccccc3)nc2-c2cccnc2)c(=O)[nH]1. The van der Waals surface area contributed by atoms with Crippen LogP contribution in [0.3, 0.4) is 0 Å². The molecular weight excluding hydrogens is 360 g/mol. The topological polar surface area (TPSA) is 134 Å². The Morgan fingerprint density at radius 1 is 1.11 bits per heavy atom. The quantitative estimate of drug-likeness (QED) is 0.354. The van der Waals surface area contributed by atoms with Gasteiger partial charge in [-0.1, -0.05) is 18.2 Å². The molecule has 0 unspecified atom stereocenters. The number of hydrogen-bond acceptors (Lipinski definition) is 7. The maximum atomic E-state index is 11.7. The van der Waals surface area contributed by atoms with E-state index in [2.05, 4.69) is 35.8 Å². The number of nitrogens with one attached hydrogen (secondary N) is 3. The highest BCUT2D eigenvalue weighted by Crippen LogP contribution is 2.21. The molecule has 138 valence electrons. The number of nitrogens with zero attached hydrogens (tertiary/aromatic N) is 5. The van der Waals surface area contributed by atoms with Gasteiger partial charge in [0.2, 0.25) is 5.82 Å². The van der Waals surface area contributed by atoms with Crippen LogP contribution in [0.2, 0.25) is 0 Å². The van der Waals surface area contributed by atoms with E-state index in [9.17, 15) is 9.59 Å². The molecule has 28 heavy (non-hydrogen) atoms. The molecule has 10 heteroatoms. The first-order valence-corrected chi connectivity index (χ1v) is 8.24. The van der Waals surface area contributed by atoms with E-state index in [4.69, 9.17) is 0 Å². The van der Waals surface area contributed by atoms with E-state index in [0.29, 0.717) is 11.3 Å². The Morgan fingerprint density at radius 2 is 1.96 bits per heavy atom. The number of pyridine rings is 1. The lowest BCUT2D eigenvalue weighted by Gasteiger charge is -1.99. The zero-order valence-corrected chi connectivity index (χ0v) is 14.4. The van der Waals surface area contributed by atoms with Crippen molar-refractivity contribution in [3.63, 3.8) is 0 Å². The van der Waals surface area contributed by atoms with E-state index in [1.807, 2.05) is 48.7 Å². The van der Waals surface area contributed by atoms with E-state index in [1.165, 1.54) is 6.21 Å². The normalized spacial score (nSPS) is 11.0. The average molecular weight is 374 g/mol. The van der Waals surface area contributed by atoms with Gasteiger partial charge in [0, 0.05) is 29.7 Å². The summed E-state index contributed by atoms with van der Waals surface area (Å²) in [6.45, 7) is 0. The standard InChI is InChI=1S/C18H14N8O2/c27-17-16(23-24-18(28)21-17)22-20-10-13-11-26(14-6-2-1-3-7-14)25-15(13)12-5-4-8-19-9-12/h1-11H,(H,22,23)(H2,21,24,27,28). The van der Waals surface area contributed by atoms with Crippen LogP contribution in [0.5, 0.6) is 0 Å². The van der Waals surface area contributed by atoms with Crippen molar-refractivity contribution in [3.8, 4) is 16.9 Å². The van der Waals surface area contributed by atoms with Gasteiger partial charge < -0.3 is 0 Å². The minimum atomic E-state index is -0.692. The number of benzene rings is 1. The molecule has 3 aromatic heterocycles. The fourth-order valence-electron chi connectivity index (χ4n) is 2.51.